The van der Waals surface area contributed by atoms with E-state index in [2.05, 4.69) is 31.4 Å². The van der Waals surface area contributed by atoms with Crippen LogP contribution in [0.3, 0.4) is 0 Å². The predicted molar refractivity (Wildman–Crippen MR) is 93.5 cm³/mol. The third kappa shape index (κ3) is 3.58. The average molecular weight is 338 g/mol. The van der Waals surface area contributed by atoms with Gasteiger partial charge in [-0.25, -0.2) is 8.42 Å². The van der Waals surface area contributed by atoms with E-state index in [1.807, 2.05) is 24.3 Å². The van der Waals surface area contributed by atoms with Gasteiger partial charge in [0, 0.05) is 11.9 Å². The van der Waals surface area contributed by atoms with Crippen molar-refractivity contribution in [2.45, 2.75) is 43.8 Å². The molecule has 1 amide bonds. The largest absolute Gasteiger partial charge is 0.324 e. The molecule has 2 rings (SSSR count). The van der Waals surface area contributed by atoms with Gasteiger partial charge < -0.3 is 10.6 Å². The molecular formula is C17H26N2O3S. The topological polar surface area (TPSA) is 75.3 Å². The maximum absolute atomic E-state index is 12.9. The van der Waals surface area contributed by atoms with Gasteiger partial charge in [0.25, 0.3) is 0 Å². The fourth-order valence-corrected chi connectivity index (χ4v) is 4.41. The van der Waals surface area contributed by atoms with Gasteiger partial charge in [0.2, 0.25) is 5.91 Å². The van der Waals surface area contributed by atoms with Crippen LogP contribution in [0, 0.1) is 0 Å². The third-order valence-corrected chi connectivity index (χ3v) is 6.53. The predicted octanol–water partition coefficient (Wildman–Crippen LogP) is 2.09. The number of sulfone groups is 1. The van der Waals surface area contributed by atoms with Crippen LogP contribution >= 0.6 is 0 Å². The minimum atomic E-state index is -3.51. The van der Waals surface area contributed by atoms with Gasteiger partial charge in [-0.2, -0.15) is 0 Å². The Morgan fingerprint density at radius 1 is 1.17 bits per heavy atom. The molecule has 1 aliphatic heterocycles. The molecule has 23 heavy (non-hydrogen) atoms. The summed E-state index contributed by atoms with van der Waals surface area (Å²) in [5.74, 6) is -0.418. The number of nitrogens with one attached hydrogen (secondary N) is 2. The molecule has 1 aliphatic rings. The first kappa shape index (κ1) is 17.9. The first-order valence-electron chi connectivity index (χ1n) is 7.89. The van der Waals surface area contributed by atoms with Crippen LogP contribution < -0.4 is 10.6 Å². The summed E-state index contributed by atoms with van der Waals surface area (Å²) in [6, 6.07) is 7.56. The monoisotopic (exact) mass is 338 g/mol. The Morgan fingerprint density at radius 2 is 1.74 bits per heavy atom. The molecule has 0 atom stereocenters. The van der Waals surface area contributed by atoms with Crippen LogP contribution in [0.25, 0.3) is 0 Å². The minimum absolute atomic E-state index is 0.143. The molecule has 0 saturated carbocycles. The van der Waals surface area contributed by atoms with Gasteiger partial charge in [-0.1, -0.05) is 39.0 Å². The first-order valence-corrected chi connectivity index (χ1v) is 9.78. The second kappa shape index (κ2) is 6.24. The van der Waals surface area contributed by atoms with Crippen molar-refractivity contribution in [1.82, 2.24) is 5.32 Å². The molecular weight excluding hydrogens is 312 g/mol. The number of hydrogen-bond donors (Lipinski definition) is 2. The summed E-state index contributed by atoms with van der Waals surface area (Å²) in [6.07, 6.45) is 1.76. The van der Waals surface area contributed by atoms with E-state index in [1.54, 1.807) is 0 Å². The zero-order valence-corrected chi connectivity index (χ0v) is 15.1. The third-order valence-electron chi connectivity index (χ3n) is 4.52. The molecule has 0 spiro atoms. The van der Waals surface area contributed by atoms with Crippen LogP contribution in [-0.4, -0.2) is 38.4 Å². The van der Waals surface area contributed by atoms with Gasteiger partial charge in [0.05, 0.1) is 0 Å². The number of hydrogen-bond acceptors (Lipinski definition) is 4. The molecule has 1 fully saturated rings. The minimum Gasteiger partial charge on any atom is -0.324 e. The molecule has 0 bridgehead atoms. The molecule has 1 saturated heterocycles. The van der Waals surface area contributed by atoms with Gasteiger partial charge >= 0.3 is 0 Å². The summed E-state index contributed by atoms with van der Waals surface area (Å²) in [5, 5.41) is 6.01. The standard InChI is InChI=1S/C17H26N2O3S/c1-16(2,3)13-7-5-6-8-14(13)19-15(20)17(23(4,21)22)9-11-18-12-10-17/h5-8,18H,9-12H2,1-4H3,(H,19,20). The lowest BCUT2D eigenvalue weighted by molar-refractivity contribution is -0.119. The number of benzene rings is 1. The lowest BCUT2D eigenvalue weighted by Gasteiger charge is -2.35. The second-order valence-electron chi connectivity index (χ2n) is 7.27. The zero-order valence-electron chi connectivity index (χ0n) is 14.3. The first-order chi connectivity index (χ1) is 10.6. The molecule has 0 unspecified atom stereocenters. The quantitative estimate of drug-likeness (QED) is 0.885. The number of carbonyl (C=O) groups is 1. The van der Waals surface area contributed by atoms with E-state index in [4.69, 9.17) is 0 Å². The average Bonchev–Trinajstić information content (AvgIpc) is 2.46. The second-order valence-corrected chi connectivity index (χ2v) is 9.59. The highest BCUT2D eigenvalue weighted by Gasteiger charge is 2.48. The van der Waals surface area contributed by atoms with E-state index in [0.29, 0.717) is 31.6 Å². The van der Waals surface area contributed by atoms with E-state index in [-0.39, 0.29) is 5.41 Å². The Labute approximate surface area is 138 Å². The van der Waals surface area contributed by atoms with Crippen molar-refractivity contribution in [3.05, 3.63) is 29.8 Å². The molecule has 1 heterocycles. The molecule has 0 radical (unpaired) electrons. The summed E-state index contributed by atoms with van der Waals surface area (Å²) < 4.78 is 23.3. The van der Waals surface area contributed by atoms with Gasteiger partial charge in [0.1, 0.15) is 0 Å². The molecule has 0 aromatic heterocycles. The number of amides is 1. The van der Waals surface area contributed by atoms with Crippen molar-refractivity contribution in [3.8, 4) is 0 Å². The lowest BCUT2D eigenvalue weighted by Crippen LogP contribution is -2.55. The summed E-state index contributed by atoms with van der Waals surface area (Å²) in [6.45, 7) is 7.25. The fourth-order valence-electron chi connectivity index (χ4n) is 3.08. The maximum Gasteiger partial charge on any atom is 0.245 e. The normalized spacial score (nSPS) is 18.4. The zero-order chi connectivity index (χ0) is 17.3. The summed E-state index contributed by atoms with van der Waals surface area (Å²) in [4.78, 5) is 12.9. The number of para-hydroxylation sites is 1. The fraction of sp³-hybridized carbons (Fsp3) is 0.588. The van der Waals surface area contributed by atoms with Crippen molar-refractivity contribution < 1.29 is 13.2 Å². The van der Waals surface area contributed by atoms with Crippen LogP contribution in [0.2, 0.25) is 0 Å². The van der Waals surface area contributed by atoms with E-state index < -0.39 is 20.5 Å². The Bertz CT molecular complexity index is 684. The van der Waals surface area contributed by atoms with Crippen molar-refractivity contribution in [2.75, 3.05) is 24.7 Å². The Kier molecular flexibility index (Phi) is 4.87. The van der Waals surface area contributed by atoms with E-state index >= 15 is 0 Å². The maximum atomic E-state index is 12.9. The highest BCUT2D eigenvalue weighted by Crippen LogP contribution is 2.33. The van der Waals surface area contributed by atoms with Gasteiger partial charge in [0.15, 0.2) is 14.6 Å². The van der Waals surface area contributed by atoms with Crippen LogP contribution in [0.4, 0.5) is 5.69 Å². The van der Waals surface area contributed by atoms with Gasteiger partial charge in [-0.15, -0.1) is 0 Å². The SMILES string of the molecule is CC(C)(C)c1ccccc1NC(=O)C1(S(C)(=O)=O)CCNCC1. The summed E-state index contributed by atoms with van der Waals surface area (Å²) in [7, 11) is -3.51. The van der Waals surface area contributed by atoms with Crippen molar-refractivity contribution in [3.63, 3.8) is 0 Å². The highest BCUT2D eigenvalue weighted by atomic mass is 32.2. The Balaban J connectivity index is 2.38. The van der Waals surface area contributed by atoms with Crippen molar-refractivity contribution in [2.24, 2.45) is 0 Å². The van der Waals surface area contributed by atoms with Crippen LogP contribution in [0.5, 0.6) is 0 Å². The van der Waals surface area contributed by atoms with Crippen LogP contribution in [0.1, 0.15) is 39.2 Å². The van der Waals surface area contributed by atoms with Crippen LogP contribution in [-0.2, 0) is 20.0 Å². The molecule has 128 valence electrons. The molecule has 1 aromatic rings. The number of carbonyl (C=O) groups excluding carboxylic acids is 1. The summed E-state index contributed by atoms with van der Waals surface area (Å²) in [5.41, 5.74) is 1.54. The Morgan fingerprint density at radius 3 is 2.26 bits per heavy atom. The number of anilines is 1. The molecule has 5 nitrogen and oxygen atoms in total. The molecule has 1 aromatic carbocycles. The van der Waals surface area contributed by atoms with E-state index in [1.165, 1.54) is 0 Å². The lowest BCUT2D eigenvalue weighted by atomic mass is 9.85. The van der Waals surface area contributed by atoms with E-state index in [9.17, 15) is 13.2 Å². The van der Waals surface area contributed by atoms with E-state index in [0.717, 1.165) is 11.8 Å². The Hall–Kier alpha value is -1.40. The number of piperidine rings is 1. The molecule has 6 heteroatoms. The summed E-state index contributed by atoms with van der Waals surface area (Å²) >= 11 is 0. The smallest absolute Gasteiger partial charge is 0.245 e. The molecule has 0 aliphatic carbocycles. The highest BCUT2D eigenvalue weighted by molar-refractivity contribution is 7.92. The van der Waals surface area contributed by atoms with Crippen molar-refractivity contribution in [1.29, 1.82) is 0 Å². The van der Waals surface area contributed by atoms with Gasteiger partial charge in [-0.05, 0) is 43.0 Å². The van der Waals surface area contributed by atoms with Gasteiger partial charge in [-0.3, -0.25) is 4.79 Å². The number of rotatable bonds is 3. The van der Waals surface area contributed by atoms with Crippen molar-refractivity contribution >= 4 is 21.4 Å². The molecule has 2 N–H and O–H groups in total. The van der Waals surface area contributed by atoms with Crippen LogP contribution in [0.15, 0.2) is 24.3 Å².